The van der Waals surface area contributed by atoms with Crippen LogP contribution in [0.15, 0.2) is 46.9 Å². The van der Waals surface area contributed by atoms with Gasteiger partial charge in [-0.3, -0.25) is 0 Å². The minimum absolute atomic E-state index is 0.414. The van der Waals surface area contributed by atoms with Crippen molar-refractivity contribution in [1.82, 2.24) is 0 Å². The summed E-state index contributed by atoms with van der Waals surface area (Å²) in [5.74, 6) is 1.54. The molecular weight excluding hydrogens is 274 g/mol. The van der Waals surface area contributed by atoms with Gasteiger partial charge in [-0.2, -0.15) is 0 Å². The first kappa shape index (κ1) is 13.0. The molecule has 102 valence electrons. The van der Waals surface area contributed by atoms with Crippen LogP contribution in [0.2, 0.25) is 5.02 Å². The number of hydrogen-bond acceptors (Lipinski definition) is 3. The summed E-state index contributed by atoms with van der Waals surface area (Å²) >= 11 is 6.14. The molecule has 0 spiro atoms. The van der Waals surface area contributed by atoms with Gasteiger partial charge in [0, 0.05) is 17.5 Å². The van der Waals surface area contributed by atoms with Gasteiger partial charge in [-0.25, -0.2) is 0 Å². The highest BCUT2D eigenvalue weighted by atomic mass is 35.5. The fourth-order valence-electron chi connectivity index (χ4n) is 2.27. The summed E-state index contributed by atoms with van der Waals surface area (Å²) in [4.78, 5) is 0. The minimum Gasteiger partial charge on any atom is -0.497 e. The number of fused-ring (bicyclic) bond motifs is 1. The van der Waals surface area contributed by atoms with Crippen molar-refractivity contribution in [1.29, 1.82) is 0 Å². The van der Waals surface area contributed by atoms with Gasteiger partial charge in [0.05, 0.1) is 12.1 Å². The summed E-state index contributed by atoms with van der Waals surface area (Å²) in [6, 6.07) is 13.4. The maximum absolute atomic E-state index is 6.14. The van der Waals surface area contributed by atoms with Crippen LogP contribution >= 0.6 is 11.6 Å². The van der Waals surface area contributed by atoms with Crippen LogP contribution in [-0.4, -0.2) is 7.11 Å². The molecule has 0 amide bonds. The van der Waals surface area contributed by atoms with E-state index in [0.717, 1.165) is 28.0 Å². The molecule has 0 saturated heterocycles. The van der Waals surface area contributed by atoms with E-state index in [1.165, 1.54) is 0 Å². The lowest BCUT2D eigenvalue weighted by Crippen LogP contribution is -1.99. The fraction of sp³-hybridized carbons (Fsp3) is 0.125. The number of para-hydroxylation sites is 1. The van der Waals surface area contributed by atoms with Gasteiger partial charge in [-0.05, 0) is 35.9 Å². The highest BCUT2D eigenvalue weighted by Crippen LogP contribution is 2.34. The number of halogens is 1. The van der Waals surface area contributed by atoms with Gasteiger partial charge in [0.25, 0.3) is 0 Å². The van der Waals surface area contributed by atoms with Gasteiger partial charge < -0.3 is 14.9 Å². The van der Waals surface area contributed by atoms with E-state index in [0.29, 0.717) is 17.2 Å². The van der Waals surface area contributed by atoms with Crippen molar-refractivity contribution in [3.63, 3.8) is 0 Å². The number of ether oxygens (including phenoxy) is 1. The second-order valence-electron chi connectivity index (χ2n) is 4.50. The van der Waals surface area contributed by atoms with E-state index in [9.17, 15) is 0 Å². The molecule has 2 aromatic carbocycles. The lowest BCUT2D eigenvalue weighted by atomic mass is 10.0. The Balaban J connectivity index is 2.17. The average molecular weight is 288 g/mol. The van der Waals surface area contributed by atoms with Gasteiger partial charge in [0.2, 0.25) is 0 Å². The van der Waals surface area contributed by atoms with E-state index in [-0.39, 0.29) is 0 Å². The van der Waals surface area contributed by atoms with Crippen molar-refractivity contribution in [3.8, 4) is 17.1 Å². The normalized spacial score (nSPS) is 10.9. The van der Waals surface area contributed by atoms with Gasteiger partial charge >= 0.3 is 0 Å². The Hall–Kier alpha value is -1.97. The van der Waals surface area contributed by atoms with Gasteiger partial charge in [0.15, 0.2) is 5.58 Å². The topological polar surface area (TPSA) is 48.4 Å². The van der Waals surface area contributed by atoms with Gasteiger partial charge in [-0.1, -0.05) is 23.7 Å². The van der Waals surface area contributed by atoms with Crippen molar-refractivity contribution in [2.75, 3.05) is 7.11 Å². The largest absolute Gasteiger partial charge is 0.497 e. The number of rotatable bonds is 3. The third-order valence-corrected chi connectivity index (χ3v) is 3.59. The highest BCUT2D eigenvalue weighted by Gasteiger charge is 2.12. The van der Waals surface area contributed by atoms with Crippen molar-refractivity contribution >= 4 is 22.6 Å². The quantitative estimate of drug-likeness (QED) is 0.784. The molecule has 0 unspecified atom stereocenters. The average Bonchev–Trinajstić information content (AvgIpc) is 2.92. The summed E-state index contributed by atoms with van der Waals surface area (Å²) < 4.78 is 11.1. The lowest BCUT2D eigenvalue weighted by Gasteiger charge is -2.07. The predicted molar refractivity (Wildman–Crippen MR) is 81.1 cm³/mol. The Kier molecular flexibility index (Phi) is 3.38. The minimum atomic E-state index is 0.414. The smallest absolute Gasteiger partial charge is 0.153 e. The van der Waals surface area contributed by atoms with E-state index in [1.54, 1.807) is 7.11 Å². The molecule has 3 aromatic rings. The van der Waals surface area contributed by atoms with E-state index in [4.69, 9.17) is 26.5 Å². The zero-order valence-corrected chi connectivity index (χ0v) is 11.8. The van der Waals surface area contributed by atoms with Crippen LogP contribution < -0.4 is 10.5 Å². The summed E-state index contributed by atoms with van der Waals surface area (Å²) in [6.45, 7) is 0.414. The Morgan fingerprint density at radius 1 is 1.20 bits per heavy atom. The summed E-state index contributed by atoms with van der Waals surface area (Å²) in [7, 11) is 1.64. The molecule has 0 aliphatic heterocycles. The van der Waals surface area contributed by atoms with Gasteiger partial charge in [-0.15, -0.1) is 0 Å². The molecule has 3 nitrogen and oxygen atoms in total. The van der Waals surface area contributed by atoms with Crippen LogP contribution in [0.5, 0.6) is 5.75 Å². The second-order valence-corrected chi connectivity index (χ2v) is 4.90. The van der Waals surface area contributed by atoms with Crippen LogP contribution in [0.25, 0.3) is 22.3 Å². The molecule has 0 atom stereocenters. The molecule has 1 heterocycles. The van der Waals surface area contributed by atoms with Crippen LogP contribution in [0.3, 0.4) is 0 Å². The van der Waals surface area contributed by atoms with Crippen LogP contribution in [0.1, 0.15) is 5.56 Å². The molecule has 0 aliphatic rings. The first-order valence-corrected chi connectivity index (χ1v) is 6.66. The summed E-state index contributed by atoms with van der Waals surface area (Å²) in [6.07, 6.45) is 0. The monoisotopic (exact) mass is 287 g/mol. The number of furan rings is 1. The summed E-state index contributed by atoms with van der Waals surface area (Å²) in [5.41, 5.74) is 8.44. The number of methoxy groups -OCH3 is 1. The van der Waals surface area contributed by atoms with Gasteiger partial charge in [0.1, 0.15) is 11.5 Å². The Bertz CT molecular complexity index is 764. The van der Waals surface area contributed by atoms with Crippen molar-refractivity contribution in [2.45, 2.75) is 6.54 Å². The molecule has 0 fully saturated rings. The predicted octanol–water partition coefficient (Wildman–Crippen LogP) is 4.22. The van der Waals surface area contributed by atoms with Crippen LogP contribution in [-0.2, 0) is 6.54 Å². The maximum atomic E-state index is 6.14. The highest BCUT2D eigenvalue weighted by molar-refractivity contribution is 6.34. The maximum Gasteiger partial charge on any atom is 0.153 e. The van der Waals surface area contributed by atoms with Crippen molar-refractivity contribution in [2.24, 2.45) is 5.73 Å². The van der Waals surface area contributed by atoms with Crippen molar-refractivity contribution in [3.05, 3.63) is 53.1 Å². The standard InChI is InChI=1S/C16H14ClNO2/c1-19-12-5-6-13(11(7-12)9-18)15-8-10-3-2-4-14(17)16(10)20-15/h2-8H,9,18H2,1H3. The third-order valence-electron chi connectivity index (χ3n) is 3.29. The Morgan fingerprint density at radius 3 is 2.75 bits per heavy atom. The molecule has 1 aromatic heterocycles. The zero-order chi connectivity index (χ0) is 14.1. The van der Waals surface area contributed by atoms with E-state index < -0.39 is 0 Å². The number of nitrogens with two attached hydrogens (primary N) is 1. The molecule has 0 aliphatic carbocycles. The first-order valence-electron chi connectivity index (χ1n) is 6.28. The second kappa shape index (κ2) is 5.19. The van der Waals surface area contributed by atoms with E-state index >= 15 is 0 Å². The number of benzene rings is 2. The molecule has 3 rings (SSSR count). The Labute approximate surface area is 121 Å². The molecule has 20 heavy (non-hydrogen) atoms. The fourth-order valence-corrected chi connectivity index (χ4v) is 2.49. The first-order chi connectivity index (χ1) is 9.72. The number of hydrogen-bond donors (Lipinski definition) is 1. The lowest BCUT2D eigenvalue weighted by molar-refractivity contribution is 0.414. The SMILES string of the molecule is COc1ccc(-c2cc3cccc(Cl)c3o2)c(CN)c1. The molecule has 0 radical (unpaired) electrons. The summed E-state index contributed by atoms with van der Waals surface area (Å²) in [5, 5.41) is 1.59. The molecule has 4 heteroatoms. The van der Waals surface area contributed by atoms with E-state index in [2.05, 4.69) is 0 Å². The molecule has 0 saturated carbocycles. The van der Waals surface area contributed by atoms with E-state index in [1.807, 2.05) is 42.5 Å². The molecule has 2 N–H and O–H groups in total. The Morgan fingerprint density at radius 2 is 2.05 bits per heavy atom. The van der Waals surface area contributed by atoms with Crippen LogP contribution in [0.4, 0.5) is 0 Å². The van der Waals surface area contributed by atoms with Crippen LogP contribution in [0, 0.1) is 0 Å². The molecule has 0 bridgehead atoms. The molecular formula is C16H14ClNO2. The van der Waals surface area contributed by atoms with Crippen molar-refractivity contribution < 1.29 is 9.15 Å². The zero-order valence-electron chi connectivity index (χ0n) is 11.0. The third kappa shape index (κ3) is 2.15.